The van der Waals surface area contributed by atoms with Crippen LogP contribution in [0.5, 0.6) is 0 Å². The first kappa shape index (κ1) is 18.3. The van der Waals surface area contributed by atoms with Gasteiger partial charge in [0.05, 0.1) is 10.7 Å². The van der Waals surface area contributed by atoms with Crippen LogP contribution in [0.15, 0.2) is 42.6 Å². The van der Waals surface area contributed by atoms with Crippen molar-refractivity contribution in [1.82, 2.24) is 9.71 Å². The van der Waals surface area contributed by atoms with Gasteiger partial charge in [-0.05, 0) is 24.5 Å². The normalized spacial score (nSPS) is 14.5. The van der Waals surface area contributed by atoms with Crippen LogP contribution in [-0.2, 0) is 22.3 Å². The number of pyridine rings is 1. The number of aromatic nitrogens is 1. The van der Waals surface area contributed by atoms with E-state index in [4.69, 9.17) is 0 Å². The van der Waals surface area contributed by atoms with Gasteiger partial charge in [0.2, 0.25) is 10.0 Å². The van der Waals surface area contributed by atoms with Crippen molar-refractivity contribution in [3.8, 4) is 0 Å². The fourth-order valence-electron chi connectivity index (χ4n) is 2.91. The van der Waals surface area contributed by atoms with Gasteiger partial charge in [0, 0.05) is 37.5 Å². The number of para-hydroxylation sites is 1. The van der Waals surface area contributed by atoms with Crippen LogP contribution in [0.3, 0.4) is 0 Å². The number of nitro groups is 1. The second-order valence-corrected chi connectivity index (χ2v) is 7.99. The summed E-state index contributed by atoms with van der Waals surface area (Å²) in [5, 5.41) is 11.0. The molecule has 0 unspecified atom stereocenters. The summed E-state index contributed by atoms with van der Waals surface area (Å²) in [4.78, 5) is 17.0. The number of benzene rings is 1. The lowest BCUT2D eigenvalue weighted by Gasteiger charge is -2.16. The molecule has 0 atom stereocenters. The topological polar surface area (TPSA) is 105 Å². The summed E-state index contributed by atoms with van der Waals surface area (Å²) in [5.41, 5.74) is 0.695. The molecule has 1 aliphatic rings. The Balaban J connectivity index is 1.62. The molecule has 0 bridgehead atoms. The van der Waals surface area contributed by atoms with Crippen molar-refractivity contribution in [2.45, 2.75) is 25.1 Å². The second kappa shape index (κ2) is 7.79. The monoisotopic (exact) mass is 376 g/mol. The molecule has 26 heavy (non-hydrogen) atoms. The molecule has 1 saturated heterocycles. The van der Waals surface area contributed by atoms with Gasteiger partial charge in [-0.15, -0.1) is 0 Å². The fraction of sp³-hybridized carbons (Fsp3) is 0.353. The van der Waals surface area contributed by atoms with Crippen molar-refractivity contribution in [2.75, 3.05) is 18.0 Å². The number of sulfonamides is 1. The summed E-state index contributed by atoms with van der Waals surface area (Å²) >= 11 is 0. The molecule has 2 aromatic rings. The largest absolute Gasteiger partial charge is 0.357 e. The van der Waals surface area contributed by atoms with Crippen LogP contribution < -0.4 is 9.62 Å². The molecular formula is C17H20N4O4S. The summed E-state index contributed by atoms with van der Waals surface area (Å²) in [5.74, 6) is 0.456. The molecule has 8 nitrogen and oxygen atoms in total. The van der Waals surface area contributed by atoms with E-state index < -0.39 is 20.7 Å². The number of rotatable bonds is 7. The van der Waals surface area contributed by atoms with E-state index in [9.17, 15) is 18.5 Å². The van der Waals surface area contributed by atoms with Crippen molar-refractivity contribution in [3.05, 3.63) is 63.8 Å². The lowest BCUT2D eigenvalue weighted by Crippen LogP contribution is -2.25. The third kappa shape index (κ3) is 4.55. The maximum absolute atomic E-state index is 12.3. The molecule has 0 spiro atoms. The first-order chi connectivity index (χ1) is 12.4. The quantitative estimate of drug-likeness (QED) is 0.587. The molecule has 0 amide bonds. The number of hydrogen-bond donors (Lipinski definition) is 1. The van der Waals surface area contributed by atoms with Crippen molar-refractivity contribution in [1.29, 1.82) is 0 Å². The third-order valence-electron chi connectivity index (χ3n) is 4.27. The van der Waals surface area contributed by atoms with Crippen molar-refractivity contribution < 1.29 is 13.3 Å². The molecule has 1 aromatic heterocycles. The minimum Gasteiger partial charge on any atom is -0.357 e. The van der Waals surface area contributed by atoms with Gasteiger partial charge in [-0.25, -0.2) is 18.1 Å². The van der Waals surface area contributed by atoms with Crippen LogP contribution in [0.25, 0.3) is 0 Å². The molecule has 3 rings (SSSR count). The summed E-state index contributed by atoms with van der Waals surface area (Å²) < 4.78 is 27.0. The van der Waals surface area contributed by atoms with Gasteiger partial charge >= 0.3 is 0 Å². The van der Waals surface area contributed by atoms with Gasteiger partial charge in [-0.3, -0.25) is 10.1 Å². The Kier molecular flexibility index (Phi) is 5.48. The lowest BCUT2D eigenvalue weighted by molar-refractivity contribution is -0.385. The maximum Gasteiger partial charge on any atom is 0.273 e. The second-order valence-electron chi connectivity index (χ2n) is 6.18. The van der Waals surface area contributed by atoms with E-state index in [-0.39, 0.29) is 17.8 Å². The third-order valence-corrected chi connectivity index (χ3v) is 5.54. The molecular weight excluding hydrogens is 356 g/mol. The van der Waals surface area contributed by atoms with Crippen molar-refractivity contribution in [2.24, 2.45) is 0 Å². The van der Waals surface area contributed by atoms with Crippen molar-refractivity contribution >= 4 is 21.5 Å². The summed E-state index contributed by atoms with van der Waals surface area (Å²) in [7, 11) is -3.71. The minimum atomic E-state index is -3.71. The Labute approximate surface area is 152 Å². The molecule has 1 aliphatic heterocycles. The van der Waals surface area contributed by atoms with Gasteiger partial charge in [-0.2, -0.15) is 0 Å². The molecule has 0 radical (unpaired) electrons. The predicted molar refractivity (Wildman–Crippen MR) is 98.2 cm³/mol. The van der Waals surface area contributed by atoms with Crippen LogP contribution >= 0.6 is 0 Å². The van der Waals surface area contributed by atoms with E-state index in [1.165, 1.54) is 18.2 Å². The van der Waals surface area contributed by atoms with Gasteiger partial charge in [-0.1, -0.05) is 24.3 Å². The molecule has 138 valence electrons. The Hall–Kier alpha value is -2.52. The Morgan fingerprint density at radius 2 is 1.88 bits per heavy atom. The molecule has 9 heteroatoms. The molecule has 0 saturated carbocycles. The Morgan fingerprint density at radius 3 is 2.54 bits per heavy atom. The molecule has 1 fully saturated rings. The fourth-order valence-corrected chi connectivity index (χ4v) is 4.06. The zero-order chi connectivity index (χ0) is 18.6. The average molecular weight is 376 g/mol. The van der Waals surface area contributed by atoms with Crippen LogP contribution in [0.2, 0.25) is 0 Å². The molecule has 1 aromatic carbocycles. The summed E-state index contributed by atoms with van der Waals surface area (Å²) in [6.07, 6.45) is 3.98. The highest BCUT2D eigenvalue weighted by Crippen LogP contribution is 2.20. The number of anilines is 1. The van der Waals surface area contributed by atoms with E-state index in [0.717, 1.165) is 37.3 Å². The van der Waals surface area contributed by atoms with Crippen LogP contribution in [0, 0.1) is 10.1 Å². The maximum atomic E-state index is 12.3. The predicted octanol–water partition coefficient (Wildman–Crippen LogP) is 2.21. The molecule has 2 heterocycles. The number of nitrogens with zero attached hydrogens (tertiary/aromatic N) is 3. The van der Waals surface area contributed by atoms with E-state index in [2.05, 4.69) is 14.6 Å². The van der Waals surface area contributed by atoms with Gasteiger partial charge in [0.25, 0.3) is 5.69 Å². The van der Waals surface area contributed by atoms with E-state index in [1.807, 2.05) is 12.1 Å². The first-order valence-electron chi connectivity index (χ1n) is 8.34. The zero-order valence-electron chi connectivity index (χ0n) is 14.2. The molecule has 1 N–H and O–H groups in total. The summed E-state index contributed by atoms with van der Waals surface area (Å²) in [6, 6.07) is 9.56. The van der Waals surface area contributed by atoms with Gasteiger partial charge in [0.1, 0.15) is 5.82 Å². The number of nitro benzene ring substituents is 1. The van der Waals surface area contributed by atoms with Crippen LogP contribution in [0.4, 0.5) is 11.5 Å². The number of hydrogen-bond acceptors (Lipinski definition) is 6. The lowest BCUT2D eigenvalue weighted by atomic mass is 10.2. The Bertz CT molecular complexity index is 878. The van der Waals surface area contributed by atoms with E-state index in [0.29, 0.717) is 0 Å². The SMILES string of the molecule is O=[N+]([O-])c1ccccc1CS(=O)(=O)NCc1ccc(N2CCCC2)nc1. The average Bonchev–Trinajstić information content (AvgIpc) is 3.15. The zero-order valence-corrected chi connectivity index (χ0v) is 15.0. The van der Waals surface area contributed by atoms with Gasteiger partial charge in [0.15, 0.2) is 0 Å². The summed E-state index contributed by atoms with van der Waals surface area (Å²) in [6.45, 7) is 2.08. The molecule has 0 aliphatic carbocycles. The van der Waals surface area contributed by atoms with Crippen LogP contribution in [0.1, 0.15) is 24.0 Å². The highest BCUT2D eigenvalue weighted by Gasteiger charge is 2.19. The minimum absolute atomic E-state index is 0.0935. The van der Waals surface area contributed by atoms with Gasteiger partial charge < -0.3 is 4.90 Å². The highest BCUT2D eigenvalue weighted by atomic mass is 32.2. The standard InChI is InChI=1S/C17H20N4O4S/c22-21(23)16-6-2-1-5-15(16)13-26(24,25)19-12-14-7-8-17(18-11-14)20-9-3-4-10-20/h1-2,5-8,11,19H,3-4,9-10,12-13H2. The number of nitrogens with one attached hydrogen (secondary N) is 1. The Morgan fingerprint density at radius 1 is 1.15 bits per heavy atom. The van der Waals surface area contributed by atoms with E-state index in [1.54, 1.807) is 12.3 Å². The van der Waals surface area contributed by atoms with Crippen molar-refractivity contribution in [3.63, 3.8) is 0 Å². The first-order valence-corrected chi connectivity index (χ1v) is 9.99. The van der Waals surface area contributed by atoms with Crippen LogP contribution in [-0.4, -0.2) is 31.4 Å². The van der Waals surface area contributed by atoms with E-state index >= 15 is 0 Å². The highest BCUT2D eigenvalue weighted by molar-refractivity contribution is 7.88. The smallest absolute Gasteiger partial charge is 0.273 e.